The monoisotopic (exact) mass is 487 g/mol. The Morgan fingerprint density at radius 1 is 1.23 bits per heavy atom. The topological polar surface area (TPSA) is 68.7 Å². The zero-order valence-electron chi connectivity index (χ0n) is 20.5. The van der Waals surface area contributed by atoms with Crippen molar-refractivity contribution in [1.82, 2.24) is 4.98 Å². The molecule has 2 heterocycles. The van der Waals surface area contributed by atoms with E-state index in [0.29, 0.717) is 18.1 Å². The average molecular weight is 488 g/mol. The first-order chi connectivity index (χ1) is 16.7. The molecule has 0 radical (unpaired) electrons. The van der Waals surface area contributed by atoms with Gasteiger partial charge in [0.1, 0.15) is 5.75 Å². The van der Waals surface area contributed by atoms with Gasteiger partial charge in [-0.2, -0.15) is 0 Å². The molecule has 2 aliphatic rings. The Labute approximate surface area is 208 Å². The van der Waals surface area contributed by atoms with E-state index in [1.807, 2.05) is 39.8 Å². The van der Waals surface area contributed by atoms with E-state index in [1.54, 1.807) is 11.3 Å². The number of aryl methyl sites for hydroxylation is 1. The second-order valence-corrected chi connectivity index (χ2v) is 11.7. The number of thiazole rings is 1. The van der Waals surface area contributed by atoms with Gasteiger partial charge in [-0.3, -0.25) is 0 Å². The molecular formula is C29H29NO4S. The third-order valence-corrected chi connectivity index (χ3v) is 8.07. The lowest BCUT2D eigenvalue weighted by Gasteiger charge is -2.28. The maximum absolute atomic E-state index is 12.6. The van der Waals surface area contributed by atoms with Gasteiger partial charge < -0.3 is 14.6 Å². The molecule has 6 rings (SSSR count). The minimum atomic E-state index is -1.09. The fraction of sp³-hybridized carbons (Fsp3) is 0.379. The molecule has 0 saturated heterocycles. The molecule has 5 nitrogen and oxygen atoms in total. The van der Waals surface area contributed by atoms with Crippen molar-refractivity contribution < 1.29 is 19.4 Å². The summed E-state index contributed by atoms with van der Waals surface area (Å²) in [4.78, 5) is 17.6. The third-order valence-electron chi connectivity index (χ3n) is 6.82. The van der Waals surface area contributed by atoms with Crippen molar-refractivity contribution in [3.05, 3.63) is 58.1 Å². The Balaban J connectivity index is 1.71. The van der Waals surface area contributed by atoms with Gasteiger partial charge in [0.15, 0.2) is 6.10 Å². The smallest absolute Gasteiger partial charge is 0.337 e. The van der Waals surface area contributed by atoms with Crippen LogP contribution in [0.25, 0.3) is 32.1 Å². The lowest BCUT2D eigenvalue weighted by molar-refractivity contribution is -0.160. The molecule has 1 aliphatic carbocycles. The van der Waals surface area contributed by atoms with E-state index in [0.717, 1.165) is 54.9 Å². The predicted octanol–water partition coefficient (Wildman–Crippen LogP) is 7.18. The molecule has 1 aliphatic heterocycles. The normalized spacial score (nSPS) is 16.5. The van der Waals surface area contributed by atoms with E-state index in [4.69, 9.17) is 14.5 Å². The molecule has 0 amide bonds. The quantitative estimate of drug-likeness (QED) is 0.323. The Kier molecular flexibility index (Phi) is 5.17. The molecule has 35 heavy (non-hydrogen) atoms. The van der Waals surface area contributed by atoms with Crippen molar-refractivity contribution in [3.8, 4) is 16.9 Å². The van der Waals surface area contributed by atoms with Gasteiger partial charge in [0.25, 0.3) is 0 Å². The first kappa shape index (κ1) is 22.5. The van der Waals surface area contributed by atoms with Crippen molar-refractivity contribution in [2.75, 3.05) is 6.61 Å². The Morgan fingerprint density at radius 3 is 2.74 bits per heavy atom. The van der Waals surface area contributed by atoms with Crippen LogP contribution in [0.2, 0.25) is 0 Å². The lowest BCUT2D eigenvalue weighted by atomic mass is 9.87. The Morgan fingerprint density at radius 2 is 2.03 bits per heavy atom. The molecule has 0 unspecified atom stereocenters. The molecule has 1 N–H and O–H groups in total. The fourth-order valence-corrected chi connectivity index (χ4v) is 6.48. The second kappa shape index (κ2) is 8.04. The molecule has 1 aromatic heterocycles. The number of hydrogen-bond donors (Lipinski definition) is 1. The third kappa shape index (κ3) is 3.89. The molecule has 1 fully saturated rings. The maximum atomic E-state index is 12.6. The van der Waals surface area contributed by atoms with Crippen LogP contribution in [0.15, 0.2) is 36.4 Å². The van der Waals surface area contributed by atoms with Crippen molar-refractivity contribution in [3.63, 3.8) is 0 Å². The van der Waals surface area contributed by atoms with Crippen LogP contribution >= 0.6 is 11.3 Å². The number of carbonyl (C=O) groups is 1. The predicted molar refractivity (Wildman–Crippen MR) is 140 cm³/mol. The fourth-order valence-electron chi connectivity index (χ4n) is 5.19. The van der Waals surface area contributed by atoms with Gasteiger partial charge in [-0.25, -0.2) is 9.78 Å². The van der Waals surface area contributed by atoms with Crippen LogP contribution in [0.3, 0.4) is 0 Å². The molecule has 3 aromatic carbocycles. The lowest BCUT2D eigenvalue weighted by Crippen LogP contribution is -2.28. The molecule has 0 bridgehead atoms. The zero-order valence-corrected chi connectivity index (χ0v) is 21.3. The van der Waals surface area contributed by atoms with Crippen LogP contribution in [0.4, 0.5) is 0 Å². The van der Waals surface area contributed by atoms with Crippen molar-refractivity contribution in [1.29, 1.82) is 0 Å². The first-order valence-electron chi connectivity index (χ1n) is 12.2. The summed E-state index contributed by atoms with van der Waals surface area (Å²) in [5.74, 6) is 0.427. The second-order valence-electron chi connectivity index (χ2n) is 10.7. The molecule has 1 atom stereocenters. The van der Waals surface area contributed by atoms with Crippen LogP contribution in [0, 0.1) is 6.92 Å². The maximum Gasteiger partial charge on any atom is 0.337 e. The van der Waals surface area contributed by atoms with Gasteiger partial charge in [-0.15, -0.1) is 11.3 Å². The Bertz CT molecular complexity index is 1480. The summed E-state index contributed by atoms with van der Waals surface area (Å²) in [5.41, 5.74) is 5.11. The number of carboxylic acid groups (broad SMARTS) is 1. The number of aromatic nitrogens is 1. The minimum Gasteiger partial charge on any atom is -0.493 e. The largest absolute Gasteiger partial charge is 0.493 e. The highest BCUT2D eigenvalue weighted by Crippen LogP contribution is 2.50. The highest BCUT2D eigenvalue weighted by molar-refractivity contribution is 7.19. The average Bonchev–Trinajstić information content (AvgIpc) is 3.57. The summed E-state index contributed by atoms with van der Waals surface area (Å²) >= 11 is 1.71. The summed E-state index contributed by atoms with van der Waals surface area (Å²) in [6, 6.07) is 12.5. The van der Waals surface area contributed by atoms with Gasteiger partial charge in [0.2, 0.25) is 0 Å². The van der Waals surface area contributed by atoms with Crippen LogP contribution in [-0.4, -0.2) is 28.3 Å². The highest BCUT2D eigenvalue weighted by atomic mass is 32.1. The molecule has 180 valence electrons. The van der Waals surface area contributed by atoms with Gasteiger partial charge >= 0.3 is 5.97 Å². The van der Waals surface area contributed by atoms with E-state index >= 15 is 0 Å². The number of aliphatic carboxylic acids is 1. The zero-order chi connectivity index (χ0) is 24.5. The molecular weight excluding hydrogens is 458 g/mol. The van der Waals surface area contributed by atoms with E-state index in [2.05, 4.69) is 24.3 Å². The van der Waals surface area contributed by atoms with Gasteiger partial charge in [-0.1, -0.05) is 18.2 Å². The first-order valence-corrected chi connectivity index (χ1v) is 13.1. The number of ether oxygens (including phenoxy) is 2. The number of fused-ring (bicyclic) bond motifs is 1. The summed E-state index contributed by atoms with van der Waals surface area (Å²) in [7, 11) is 0. The number of nitrogens with zero attached hydrogens (tertiary/aromatic N) is 1. The summed E-state index contributed by atoms with van der Waals surface area (Å²) in [5, 5.41) is 13.7. The SMILES string of the molecule is Cc1cc2nc(C3CC3)sc2c(-c2ccc3c4c(cccc24)CCO3)c1[C@H](OC(C)(C)C)C(=O)O. The van der Waals surface area contributed by atoms with Gasteiger partial charge in [0, 0.05) is 28.9 Å². The van der Waals surface area contributed by atoms with Crippen molar-refractivity contribution >= 4 is 38.3 Å². The molecule has 6 heteroatoms. The van der Waals surface area contributed by atoms with E-state index in [1.165, 1.54) is 18.4 Å². The van der Waals surface area contributed by atoms with E-state index in [9.17, 15) is 9.90 Å². The highest BCUT2D eigenvalue weighted by Gasteiger charge is 2.34. The minimum absolute atomic E-state index is 0.523. The van der Waals surface area contributed by atoms with Crippen LogP contribution in [0.1, 0.15) is 67.3 Å². The number of rotatable bonds is 5. The number of hydrogen-bond acceptors (Lipinski definition) is 5. The van der Waals surface area contributed by atoms with Gasteiger partial charge in [-0.05, 0) is 80.8 Å². The van der Waals surface area contributed by atoms with E-state index < -0.39 is 17.7 Å². The number of benzene rings is 3. The molecule has 4 aromatic rings. The van der Waals surface area contributed by atoms with Crippen LogP contribution < -0.4 is 4.74 Å². The van der Waals surface area contributed by atoms with Crippen molar-refractivity contribution in [2.45, 2.75) is 64.6 Å². The van der Waals surface area contributed by atoms with Crippen molar-refractivity contribution in [2.24, 2.45) is 0 Å². The van der Waals surface area contributed by atoms with Crippen LogP contribution in [-0.2, 0) is 16.0 Å². The van der Waals surface area contributed by atoms with Crippen LogP contribution in [0.5, 0.6) is 5.75 Å². The summed E-state index contributed by atoms with van der Waals surface area (Å²) < 4.78 is 13.2. The number of carboxylic acids is 1. The summed E-state index contributed by atoms with van der Waals surface area (Å²) in [6.07, 6.45) is 2.11. The Hall–Kier alpha value is -2.96. The van der Waals surface area contributed by atoms with Gasteiger partial charge in [0.05, 0.1) is 27.4 Å². The summed E-state index contributed by atoms with van der Waals surface area (Å²) in [6.45, 7) is 8.34. The molecule has 0 spiro atoms. The standard InChI is InChI=1S/C29H29NO4S/c1-15-14-20-26(35-27(30-20)17-8-9-17)24(22(15)25(28(31)32)34-29(2,3)4)19-10-11-21-23-16(12-13-33-21)6-5-7-18(19)23/h5-7,10-11,14,17,25H,8-9,12-13H2,1-4H3,(H,31,32)/t25-/m0/s1. The van der Waals surface area contributed by atoms with E-state index in [-0.39, 0.29) is 0 Å². The molecule has 1 saturated carbocycles.